The summed E-state index contributed by atoms with van der Waals surface area (Å²) in [6.45, 7) is 0.966. The number of carbonyl (C=O) groups is 2. The van der Waals surface area contributed by atoms with Crippen molar-refractivity contribution >= 4 is 11.8 Å². The van der Waals surface area contributed by atoms with Crippen molar-refractivity contribution in [1.29, 1.82) is 0 Å². The van der Waals surface area contributed by atoms with Crippen LogP contribution in [0.4, 0.5) is 4.48 Å². The van der Waals surface area contributed by atoms with Gasteiger partial charge in [0.05, 0.1) is 6.54 Å². The van der Waals surface area contributed by atoms with Crippen LogP contribution in [0.5, 0.6) is 0 Å². The molecule has 5 heteroatoms. The molecule has 0 saturated heterocycles. The van der Waals surface area contributed by atoms with E-state index in [1.807, 2.05) is 0 Å². The van der Waals surface area contributed by atoms with Gasteiger partial charge < -0.3 is 5.32 Å². The number of nitrogens with zero attached hydrogens (tertiary/aromatic N) is 1. The van der Waals surface area contributed by atoms with Gasteiger partial charge in [0, 0.05) is 14.0 Å². The topological polar surface area (TPSA) is 49.4 Å². The summed E-state index contributed by atoms with van der Waals surface area (Å²) in [5.41, 5.74) is 0. The van der Waals surface area contributed by atoms with Crippen LogP contribution >= 0.6 is 0 Å². The normalized spacial score (nSPS) is 8.70. The van der Waals surface area contributed by atoms with Crippen molar-refractivity contribution in [2.45, 2.75) is 6.92 Å². The fraction of sp³-hybridized carbons (Fsp3) is 0.600. The fourth-order valence-corrected chi connectivity index (χ4v) is 0.309. The molecule has 0 aliphatic heterocycles. The summed E-state index contributed by atoms with van der Waals surface area (Å²) in [6.07, 6.45) is 0. The van der Waals surface area contributed by atoms with Gasteiger partial charge in [-0.2, -0.15) is 5.12 Å². The molecule has 0 heterocycles. The zero-order chi connectivity index (χ0) is 8.15. The number of halogens is 1. The van der Waals surface area contributed by atoms with Gasteiger partial charge in [0.25, 0.3) is 5.91 Å². The van der Waals surface area contributed by atoms with Crippen LogP contribution in [-0.2, 0) is 9.59 Å². The van der Waals surface area contributed by atoms with Gasteiger partial charge in [-0.05, 0) is 0 Å². The molecule has 0 aromatic heterocycles. The fourth-order valence-electron chi connectivity index (χ4n) is 0.309. The minimum Gasteiger partial charge on any atom is -0.347 e. The average Bonchev–Trinajstić information content (AvgIpc) is 1.82. The molecule has 0 aromatic rings. The second kappa shape index (κ2) is 3.81. The first-order valence-electron chi connectivity index (χ1n) is 2.71. The highest BCUT2D eigenvalue weighted by atomic mass is 19.2. The summed E-state index contributed by atoms with van der Waals surface area (Å²) in [7, 11) is 0.976. The second-order valence-corrected chi connectivity index (χ2v) is 1.78. The van der Waals surface area contributed by atoms with Crippen LogP contribution in [0.1, 0.15) is 6.92 Å². The first-order chi connectivity index (χ1) is 4.54. The van der Waals surface area contributed by atoms with Gasteiger partial charge in [-0.3, -0.25) is 9.59 Å². The molecule has 1 N–H and O–H groups in total. The molecule has 0 atom stereocenters. The van der Waals surface area contributed by atoms with E-state index in [4.69, 9.17) is 0 Å². The van der Waals surface area contributed by atoms with Gasteiger partial charge in [0.2, 0.25) is 5.91 Å². The van der Waals surface area contributed by atoms with Crippen molar-refractivity contribution in [2.75, 3.05) is 13.6 Å². The van der Waals surface area contributed by atoms with E-state index in [0.29, 0.717) is 0 Å². The van der Waals surface area contributed by atoms with Crippen LogP contribution in [-0.4, -0.2) is 30.5 Å². The Labute approximate surface area is 57.9 Å². The van der Waals surface area contributed by atoms with E-state index in [2.05, 4.69) is 5.32 Å². The SMILES string of the molecule is CC(=O)NCC(=O)N(C)F. The van der Waals surface area contributed by atoms with Crippen LogP contribution in [0.3, 0.4) is 0 Å². The molecule has 0 unspecified atom stereocenters. The summed E-state index contributed by atoms with van der Waals surface area (Å²) in [4.78, 5) is 20.5. The Morgan fingerprint density at radius 1 is 1.60 bits per heavy atom. The molecule has 0 radical (unpaired) electrons. The van der Waals surface area contributed by atoms with E-state index in [0.717, 1.165) is 7.05 Å². The standard InChI is InChI=1S/C5H9FN2O2/c1-4(9)7-3-5(10)8(2)6/h3H2,1-2H3,(H,7,9). The molecule has 0 saturated carbocycles. The molecule has 4 nitrogen and oxygen atoms in total. The molecule has 0 spiro atoms. The third-order valence-corrected chi connectivity index (χ3v) is 0.832. The third kappa shape index (κ3) is 3.82. The molecular weight excluding hydrogens is 139 g/mol. The third-order valence-electron chi connectivity index (χ3n) is 0.832. The number of amides is 2. The van der Waals surface area contributed by atoms with Crippen molar-refractivity contribution in [1.82, 2.24) is 10.4 Å². The maximum atomic E-state index is 11.9. The molecule has 0 rings (SSSR count). The molecule has 10 heavy (non-hydrogen) atoms. The summed E-state index contributed by atoms with van der Waals surface area (Å²) < 4.78 is 11.9. The zero-order valence-electron chi connectivity index (χ0n) is 5.85. The van der Waals surface area contributed by atoms with Crippen LogP contribution in [0.2, 0.25) is 0 Å². The van der Waals surface area contributed by atoms with E-state index in [9.17, 15) is 14.1 Å². The first-order valence-corrected chi connectivity index (χ1v) is 2.71. The molecule has 0 bridgehead atoms. The summed E-state index contributed by atoms with van der Waals surface area (Å²) >= 11 is 0. The maximum absolute atomic E-state index is 11.9. The average molecular weight is 148 g/mol. The van der Waals surface area contributed by atoms with Crippen LogP contribution in [0.25, 0.3) is 0 Å². The smallest absolute Gasteiger partial charge is 0.269 e. The van der Waals surface area contributed by atoms with Crippen LogP contribution in [0.15, 0.2) is 0 Å². The van der Waals surface area contributed by atoms with E-state index in [-0.39, 0.29) is 17.6 Å². The number of rotatable bonds is 2. The maximum Gasteiger partial charge on any atom is 0.269 e. The van der Waals surface area contributed by atoms with E-state index in [1.165, 1.54) is 6.92 Å². The molecule has 0 aromatic carbocycles. The molecule has 0 aliphatic carbocycles. The van der Waals surface area contributed by atoms with Crippen molar-refractivity contribution in [3.05, 3.63) is 0 Å². The molecule has 0 fully saturated rings. The minimum atomic E-state index is -0.768. The predicted molar refractivity (Wildman–Crippen MR) is 32.6 cm³/mol. The number of carbonyl (C=O) groups excluding carboxylic acids is 2. The van der Waals surface area contributed by atoms with Gasteiger partial charge in [0.1, 0.15) is 0 Å². The molecule has 0 aliphatic rings. The molecular formula is C5H9FN2O2. The van der Waals surface area contributed by atoms with Gasteiger partial charge >= 0.3 is 0 Å². The van der Waals surface area contributed by atoms with Crippen LogP contribution in [0, 0.1) is 0 Å². The Balaban J connectivity index is 3.50. The Kier molecular flexibility index (Phi) is 3.38. The van der Waals surface area contributed by atoms with Crippen molar-refractivity contribution in [3.63, 3.8) is 0 Å². The molecule has 2 amide bonds. The number of hydrogen-bond acceptors (Lipinski definition) is 2. The van der Waals surface area contributed by atoms with Gasteiger partial charge in [-0.1, -0.05) is 4.48 Å². The quantitative estimate of drug-likeness (QED) is 0.535. The monoisotopic (exact) mass is 148 g/mol. The van der Waals surface area contributed by atoms with Crippen molar-refractivity contribution in [3.8, 4) is 0 Å². The predicted octanol–water partition coefficient (Wildman–Crippen LogP) is -0.535. The molecule has 58 valence electrons. The minimum absolute atomic E-state index is 0.0735. The first kappa shape index (κ1) is 8.87. The zero-order valence-corrected chi connectivity index (χ0v) is 5.85. The highest BCUT2D eigenvalue weighted by Gasteiger charge is 2.05. The Bertz CT molecular complexity index is 147. The lowest BCUT2D eigenvalue weighted by molar-refractivity contribution is -0.143. The van der Waals surface area contributed by atoms with Gasteiger partial charge in [-0.15, -0.1) is 0 Å². The Morgan fingerprint density at radius 2 is 2.10 bits per heavy atom. The number of likely N-dealkylation sites (N-methyl/N-ethyl adjacent to an activating group) is 1. The lowest BCUT2D eigenvalue weighted by atomic mass is 10.5. The Morgan fingerprint density at radius 3 is 2.40 bits per heavy atom. The van der Waals surface area contributed by atoms with Crippen molar-refractivity contribution in [2.24, 2.45) is 0 Å². The summed E-state index contributed by atoms with van der Waals surface area (Å²) in [6, 6.07) is 0. The number of nitrogens with one attached hydrogen (secondary N) is 1. The largest absolute Gasteiger partial charge is 0.347 e. The van der Waals surface area contributed by atoms with Crippen LogP contribution < -0.4 is 5.32 Å². The van der Waals surface area contributed by atoms with Gasteiger partial charge in [0.15, 0.2) is 0 Å². The van der Waals surface area contributed by atoms with E-state index < -0.39 is 5.91 Å². The highest BCUT2D eigenvalue weighted by molar-refractivity contribution is 5.82. The summed E-state index contributed by atoms with van der Waals surface area (Å²) in [5.74, 6) is -1.12. The second-order valence-electron chi connectivity index (χ2n) is 1.78. The van der Waals surface area contributed by atoms with Crippen molar-refractivity contribution < 1.29 is 14.1 Å². The van der Waals surface area contributed by atoms with E-state index in [1.54, 1.807) is 0 Å². The summed E-state index contributed by atoms with van der Waals surface area (Å²) in [5, 5.41) is 2.08. The highest BCUT2D eigenvalue weighted by Crippen LogP contribution is 1.81. The Hall–Kier alpha value is -1.13. The van der Waals surface area contributed by atoms with E-state index >= 15 is 0 Å². The lowest BCUT2D eigenvalue weighted by Crippen LogP contribution is -2.33. The lowest BCUT2D eigenvalue weighted by Gasteiger charge is -2.04. The number of hydrogen-bond donors (Lipinski definition) is 1. The van der Waals surface area contributed by atoms with Gasteiger partial charge in [-0.25, -0.2) is 0 Å².